The average Bonchev–Trinajstić information content (AvgIpc) is 2.74. The molecule has 2 aromatic heterocycles. The second kappa shape index (κ2) is 3.51. The molecule has 1 fully saturated rings. The lowest BCUT2D eigenvalue weighted by atomic mass is 10.3. The van der Waals surface area contributed by atoms with Crippen LogP contribution in [-0.4, -0.2) is 41.5 Å². The molecule has 5 nitrogen and oxygen atoms in total. The third-order valence-electron chi connectivity index (χ3n) is 2.65. The summed E-state index contributed by atoms with van der Waals surface area (Å²) in [6.07, 6.45) is 3.59. The first kappa shape index (κ1) is 8.67. The molecule has 2 aromatic rings. The Labute approximate surface area is 87.1 Å². The number of pyridine rings is 1. The number of rotatable bonds is 1. The summed E-state index contributed by atoms with van der Waals surface area (Å²) in [6.45, 7) is 3.36. The quantitative estimate of drug-likeness (QED) is 0.746. The Hall–Kier alpha value is -1.62. The molecule has 0 spiro atoms. The fraction of sp³-hybridized carbons (Fsp3) is 0.400. The first-order valence-corrected chi connectivity index (χ1v) is 5.06. The van der Waals surface area contributed by atoms with Gasteiger partial charge in [-0.25, -0.2) is 0 Å². The topological polar surface area (TPSA) is 54.0 Å². The second-order valence-corrected chi connectivity index (χ2v) is 3.57. The van der Waals surface area contributed by atoms with Gasteiger partial charge in [0.05, 0.1) is 24.9 Å². The molecule has 0 radical (unpaired) electrons. The van der Waals surface area contributed by atoms with Gasteiger partial charge in [0.1, 0.15) is 0 Å². The average molecular weight is 204 g/mol. The molecule has 15 heavy (non-hydrogen) atoms. The third kappa shape index (κ3) is 1.45. The van der Waals surface area contributed by atoms with E-state index in [1.165, 1.54) is 0 Å². The highest BCUT2D eigenvalue weighted by Crippen LogP contribution is 2.23. The first-order chi connectivity index (χ1) is 7.45. The predicted molar refractivity (Wildman–Crippen MR) is 56.9 cm³/mol. The molecule has 5 heteroatoms. The fourth-order valence-corrected chi connectivity index (χ4v) is 1.87. The molecular formula is C10H12N4O. The Morgan fingerprint density at radius 3 is 3.07 bits per heavy atom. The third-order valence-corrected chi connectivity index (χ3v) is 2.65. The van der Waals surface area contributed by atoms with Crippen LogP contribution in [-0.2, 0) is 4.74 Å². The lowest BCUT2D eigenvalue weighted by Gasteiger charge is -2.26. The summed E-state index contributed by atoms with van der Waals surface area (Å²) in [5.41, 5.74) is 0.985. The number of fused-ring (bicyclic) bond motifs is 1. The van der Waals surface area contributed by atoms with Crippen LogP contribution in [0.25, 0.3) is 10.9 Å². The second-order valence-electron chi connectivity index (χ2n) is 3.57. The number of H-pyrrole nitrogens is 1. The number of hydrogen-bond donors (Lipinski definition) is 1. The SMILES string of the molecule is c1cc2c(N3CCOCC3)n[nH]c2cn1. The monoisotopic (exact) mass is 204 g/mol. The molecule has 0 atom stereocenters. The minimum Gasteiger partial charge on any atom is -0.378 e. The zero-order valence-electron chi connectivity index (χ0n) is 8.31. The van der Waals surface area contributed by atoms with Crippen molar-refractivity contribution in [3.63, 3.8) is 0 Å². The molecule has 1 aliphatic heterocycles. The summed E-state index contributed by atoms with van der Waals surface area (Å²) >= 11 is 0. The van der Waals surface area contributed by atoms with Crippen molar-refractivity contribution < 1.29 is 4.74 Å². The van der Waals surface area contributed by atoms with Crippen molar-refractivity contribution in [1.29, 1.82) is 0 Å². The summed E-state index contributed by atoms with van der Waals surface area (Å²) in [4.78, 5) is 6.30. The van der Waals surface area contributed by atoms with Gasteiger partial charge in [0.2, 0.25) is 0 Å². The van der Waals surface area contributed by atoms with E-state index >= 15 is 0 Å². The number of nitrogens with zero attached hydrogens (tertiary/aromatic N) is 3. The molecule has 1 aliphatic rings. The number of aromatic nitrogens is 3. The zero-order chi connectivity index (χ0) is 10.1. The molecule has 3 heterocycles. The molecule has 0 amide bonds. The maximum Gasteiger partial charge on any atom is 0.158 e. The van der Waals surface area contributed by atoms with Crippen LogP contribution in [0.2, 0.25) is 0 Å². The van der Waals surface area contributed by atoms with Crippen LogP contribution in [0.4, 0.5) is 5.82 Å². The maximum absolute atomic E-state index is 5.32. The van der Waals surface area contributed by atoms with Crippen LogP contribution in [0, 0.1) is 0 Å². The number of anilines is 1. The molecule has 0 aromatic carbocycles. The number of nitrogens with one attached hydrogen (secondary N) is 1. The molecular weight excluding hydrogens is 192 g/mol. The Morgan fingerprint density at radius 1 is 1.33 bits per heavy atom. The van der Waals surface area contributed by atoms with E-state index in [0.717, 1.165) is 43.0 Å². The normalized spacial score (nSPS) is 17.2. The zero-order valence-corrected chi connectivity index (χ0v) is 8.31. The molecule has 0 bridgehead atoms. The standard InChI is InChI=1S/C10H12N4O/c1-2-11-7-9-8(1)10(13-12-9)14-3-5-15-6-4-14/h1-2,7H,3-6H2,(H,12,13). The summed E-state index contributed by atoms with van der Waals surface area (Å²) in [7, 11) is 0. The van der Waals surface area contributed by atoms with Gasteiger partial charge in [-0.15, -0.1) is 0 Å². The number of hydrogen-bond acceptors (Lipinski definition) is 4. The summed E-state index contributed by atoms with van der Waals surface area (Å²) < 4.78 is 5.32. The van der Waals surface area contributed by atoms with Gasteiger partial charge in [0.25, 0.3) is 0 Å². The Kier molecular flexibility index (Phi) is 2.03. The summed E-state index contributed by atoms with van der Waals surface area (Å²) in [6, 6.07) is 1.99. The van der Waals surface area contributed by atoms with Crippen LogP contribution in [0.1, 0.15) is 0 Å². The highest BCUT2D eigenvalue weighted by atomic mass is 16.5. The van der Waals surface area contributed by atoms with Crippen molar-refractivity contribution in [1.82, 2.24) is 15.2 Å². The van der Waals surface area contributed by atoms with E-state index in [4.69, 9.17) is 4.74 Å². The number of aromatic amines is 1. The van der Waals surface area contributed by atoms with Crippen LogP contribution in [0.15, 0.2) is 18.5 Å². The van der Waals surface area contributed by atoms with Crippen molar-refractivity contribution in [2.24, 2.45) is 0 Å². The van der Waals surface area contributed by atoms with Crippen molar-refractivity contribution >= 4 is 16.7 Å². The summed E-state index contributed by atoms with van der Waals surface area (Å²) in [5.74, 6) is 1.01. The lowest BCUT2D eigenvalue weighted by Crippen LogP contribution is -2.36. The van der Waals surface area contributed by atoms with Crippen LogP contribution in [0.5, 0.6) is 0 Å². The van der Waals surface area contributed by atoms with E-state index in [-0.39, 0.29) is 0 Å². The van der Waals surface area contributed by atoms with Gasteiger partial charge in [0, 0.05) is 24.7 Å². The van der Waals surface area contributed by atoms with Gasteiger partial charge in [-0.3, -0.25) is 10.1 Å². The smallest absolute Gasteiger partial charge is 0.158 e. The molecule has 0 saturated carbocycles. The highest BCUT2D eigenvalue weighted by molar-refractivity contribution is 5.89. The van der Waals surface area contributed by atoms with Crippen LogP contribution < -0.4 is 4.90 Å². The van der Waals surface area contributed by atoms with Gasteiger partial charge in [-0.1, -0.05) is 0 Å². The predicted octanol–water partition coefficient (Wildman–Crippen LogP) is 0.794. The van der Waals surface area contributed by atoms with E-state index < -0.39 is 0 Å². The highest BCUT2D eigenvalue weighted by Gasteiger charge is 2.16. The molecule has 78 valence electrons. The summed E-state index contributed by atoms with van der Waals surface area (Å²) in [5, 5.41) is 8.45. The van der Waals surface area contributed by atoms with E-state index in [1.807, 2.05) is 6.07 Å². The van der Waals surface area contributed by atoms with E-state index in [0.29, 0.717) is 0 Å². The van der Waals surface area contributed by atoms with Crippen molar-refractivity contribution in [3.05, 3.63) is 18.5 Å². The lowest BCUT2D eigenvalue weighted by molar-refractivity contribution is 0.122. The van der Waals surface area contributed by atoms with Crippen molar-refractivity contribution in [3.8, 4) is 0 Å². The minimum atomic E-state index is 0.777. The number of ether oxygens (including phenoxy) is 1. The van der Waals surface area contributed by atoms with E-state index in [9.17, 15) is 0 Å². The Bertz CT molecular complexity index is 461. The van der Waals surface area contributed by atoms with E-state index in [2.05, 4.69) is 20.1 Å². The van der Waals surface area contributed by atoms with Gasteiger partial charge in [-0.2, -0.15) is 5.10 Å². The Balaban J connectivity index is 2.02. The van der Waals surface area contributed by atoms with Gasteiger partial charge >= 0.3 is 0 Å². The molecule has 3 rings (SSSR count). The molecule has 0 unspecified atom stereocenters. The van der Waals surface area contributed by atoms with Crippen molar-refractivity contribution in [2.45, 2.75) is 0 Å². The Morgan fingerprint density at radius 2 is 2.20 bits per heavy atom. The van der Waals surface area contributed by atoms with Crippen molar-refractivity contribution in [2.75, 3.05) is 31.2 Å². The van der Waals surface area contributed by atoms with Crippen LogP contribution in [0.3, 0.4) is 0 Å². The molecule has 0 aliphatic carbocycles. The molecule has 1 saturated heterocycles. The van der Waals surface area contributed by atoms with Crippen LogP contribution >= 0.6 is 0 Å². The van der Waals surface area contributed by atoms with E-state index in [1.54, 1.807) is 12.4 Å². The van der Waals surface area contributed by atoms with Gasteiger partial charge in [-0.05, 0) is 6.07 Å². The largest absolute Gasteiger partial charge is 0.378 e. The number of morpholine rings is 1. The fourth-order valence-electron chi connectivity index (χ4n) is 1.87. The maximum atomic E-state index is 5.32. The van der Waals surface area contributed by atoms with Gasteiger partial charge < -0.3 is 9.64 Å². The first-order valence-electron chi connectivity index (χ1n) is 5.06. The minimum absolute atomic E-state index is 0.777. The molecule has 1 N–H and O–H groups in total. The van der Waals surface area contributed by atoms with Gasteiger partial charge in [0.15, 0.2) is 5.82 Å².